The average molecular weight is 303 g/mol. The molecular weight excluding hydrogens is 291 g/mol. The molecule has 0 amide bonds. The molecule has 6 heteroatoms. The molecule has 4 nitrogen and oxygen atoms in total. The van der Waals surface area contributed by atoms with Crippen molar-refractivity contribution < 1.29 is 4.39 Å². The second-order valence-corrected chi connectivity index (χ2v) is 5.60. The highest BCUT2D eigenvalue weighted by molar-refractivity contribution is 6.28. The van der Waals surface area contributed by atoms with Gasteiger partial charge >= 0.3 is 0 Å². The van der Waals surface area contributed by atoms with E-state index in [2.05, 4.69) is 19.5 Å². The zero-order chi connectivity index (χ0) is 14.6. The highest BCUT2D eigenvalue weighted by atomic mass is 35.5. The van der Waals surface area contributed by atoms with Gasteiger partial charge in [0.2, 0.25) is 5.28 Å². The third-order valence-corrected chi connectivity index (χ3v) is 3.97. The number of fused-ring (bicyclic) bond motifs is 1. The van der Waals surface area contributed by atoms with Crippen LogP contribution in [0.4, 0.5) is 4.39 Å². The number of imidazole rings is 1. The van der Waals surface area contributed by atoms with E-state index in [0.29, 0.717) is 22.8 Å². The van der Waals surface area contributed by atoms with Crippen molar-refractivity contribution in [2.24, 2.45) is 0 Å². The monoisotopic (exact) mass is 302 g/mol. The van der Waals surface area contributed by atoms with E-state index in [1.54, 1.807) is 12.1 Å². The molecule has 2 heterocycles. The van der Waals surface area contributed by atoms with Gasteiger partial charge < -0.3 is 4.57 Å². The molecule has 2 aromatic heterocycles. The van der Waals surface area contributed by atoms with Gasteiger partial charge in [-0.25, -0.2) is 19.3 Å². The minimum absolute atomic E-state index is 0.103. The summed E-state index contributed by atoms with van der Waals surface area (Å²) in [5, 5.41) is 0.103. The van der Waals surface area contributed by atoms with Crippen LogP contribution >= 0.6 is 11.6 Å². The number of halogens is 2. The molecule has 0 radical (unpaired) electrons. The molecule has 0 unspecified atom stereocenters. The highest BCUT2D eigenvalue weighted by Crippen LogP contribution is 2.39. The fourth-order valence-electron chi connectivity index (χ4n) is 2.72. The summed E-state index contributed by atoms with van der Waals surface area (Å²) in [4.78, 5) is 12.3. The number of nitrogens with zero attached hydrogens (tertiary/aromatic N) is 4. The van der Waals surface area contributed by atoms with E-state index in [-0.39, 0.29) is 11.1 Å². The van der Waals surface area contributed by atoms with Crippen molar-refractivity contribution in [3.05, 3.63) is 41.3 Å². The number of benzene rings is 1. The molecule has 1 aliphatic carbocycles. The lowest BCUT2D eigenvalue weighted by molar-refractivity contribution is 0.640. The number of aromatic nitrogens is 4. The summed E-state index contributed by atoms with van der Waals surface area (Å²) < 4.78 is 16.9. The topological polar surface area (TPSA) is 43.6 Å². The Kier molecular flexibility index (Phi) is 2.72. The Hall–Kier alpha value is -2.01. The van der Waals surface area contributed by atoms with Crippen LogP contribution in [0.3, 0.4) is 0 Å². The van der Waals surface area contributed by atoms with Crippen LogP contribution in [0.25, 0.3) is 22.3 Å². The molecule has 0 spiro atoms. The molecule has 4 rings (SSSR count). The quantitative estimate of drug-likeness (QED) is 0.674. The summed E-state index contributed by atoms with van der Waals surface area (Å²) in [7, 11) is 0. The van der Waals surface area contributed by atoms with Crippen LogP contribution in [-0.2, 0) is 0 Å². The molecular formula is C15H12ClFN4. The number of rotatable bonds is 2. The first kappa shape index (κ1) is 12.7. The predicted molar refractivity (Wildman–Crippen MR) is 78.7 cm³/mol. The first-order chi connectivity index (χ1) is 10.1. The molecule has 1 aromatic carbocycles. The SMILES string of the molecule is Cc1nc2c(F)c(-c3ccnc(Cl)n3)ccc2n1C1CC1. The maximum atomic E-state index is 14.8. The largest absolute Gasteiger partial charge is 0.325 e. The summed E-state index contributed by atoms with van der Waals surface area (Å²) in [5.41, 5.74) is 2.10. The summed E-state index contributed by atoms with van der Waals surface area (Å²) in [5.74, 6) is 0.494. The fourth-order valence-corrected chi connectivity index (χ4v) is 2.87. The smallest absolute Gasteiger partial charge is 0.222 e. The molecule has 1 aliphatic rings. The maximum Gasteiger partial charge on any atom is 0.222 e. The molecule has 0 atom stereocenters. The van der Waals surface area contributed by atoms with Crippen LogP contribution in [0.1, 0.15) is 24.7 Å². The minimum Gasteiger partial charge on any atom is -0.325 e. The van der Waals surface area contributed by atoms with Gasteiger partial charge in [0.1, 0.15) is 11.3 Å². The van der Waals surface area contributed by atoms with Gasteiger partial charge in [-0.2, -0.15) is 0 Å². The van der Waals surface area contributed by atoms with Crippen LogP contribution in [0.2, 0.25) is 5.28 Å². The molecule has 0 aliphatic heterocycles. The summed E-state index contributed by atoms with van der Waals surface area (Å²) in [6, 6.07) is 5.74. The standard InChI is InChI=1S/C15H12ClFN4/c1-8-19-14-12(21(8)9-2-3-9)5-4-10(13(14)17)11-6-7-18-15(16)20-11/h4-7,9H,2-3H2,1H3. The van der Waals surface area contributed by atoms with Crippen molar-refractivity contribution in [1.29, 1.82) is 0 Å². The first-order valence-electron chi connectivity index (χ1n) is 6.81. The molecule has 1 fully saturated rings. The van der Waals surface area contributed by atoms with Crippen molar-refractivity contribution in [3.8, 4) is 11.3 Å². The molecule has 3 aromatic rings. The normalized spacial score (nSPS) is 14.8. The second kappa shape index (κ2) is 4.49. The number of aryl methyl sites for hydroxylation is 1. The molecule has 0 bridgehead atoms. The lowest BCUT2D eigenvalue weighted by Gasteiger charge is -2.06. The van der Waals surface area contributed by atoms with Gasteiger partial charge in [-0.05, 0) is 49.6 Å². The Morgan fingerprint density at radius 1 is 1.24 bits per heavy atom. The van der Waals surface area contributed by atoms with Gasteiger partial charge in [0.25, 0.3) is 0 Å². The Labute approximate surface area is 125 Å². The minimum atomic E-state index is -0.357. The van der Waals surface area contributed by atoms with Crippen LogP contribution in [-0.4, -0.2) is 19.5 Å². The zero-order valence-electron chi connectivity index (χ0n) is 11.3. The molecule has 21 heavy (non-hydrogen) atoms. The van der Waals surface area contributed by atoms with E-state index in [4.69, 9.17) is 11.6 Å². The Morgan fingerprint density at radius 2 is 2.05 bits per heavy atom. The van der Waals surface area contributed by atoms with Gasteiger partial charge in [0.15, 0.2) is 5.82 Å². The predicted octanol–water partition coefficient (Wildman–Crippen LogP) is 3.93. The van der Waals surface area contributed by atoms with Crippen molar-refractivity contribution in [2.75, 3.05) is 0 Å². The van der Waals surface area contributed by atoms with E-state index in [1.807, 2.05) is 13.0 Å². The average Bonchev–Trinajstić information content (AvgIpc) is 3.22. The van der Waals surface area contributed by atoms with E-state index < -0.39 is 0 Å². The van der Waals surface area contributed by atoms with Crippen LogP contribution in [0.5, 0.6) is 0 Å². The van der Waals surface area contributed by atoms with Crippen LogP contribution < -0.4 is 0 Å². The van der Waals surface area contributed by atoms with Crippen molar-refractivity contribution in [1.82, 2.24) is 19.5 Å². The third-order valence-electron chi connectivity index (χ3n) is 3.79. The zero-order valence-corrected chi connectivity index (χ0v) is 12.1. The van der Waals surface area contributed by atoms with E-state index in [1.165, 1.54) is 6.20 Å². The van der Waals surface area contributed by atoms with Gasteiger partial charge in [-0.3, -0.25) is 0 Å². The van der Waals surface area contributed by atoms with Crippen LogP contribution in [0, 0.1) is 12.7 Å². The molecule has 1 saturated carbocycles. The summed E-state index contributed by atoms with van der Waals surface area (Å²) in [6.45, 7) is 1.92. The van der Waals surface area contributed by atoms with Gasteiger partial charge in [-0.1, -0.05) is 0 Å². The first-order valence-corrected chi connectivity index (χ1v) is 7.19. The lowest BCUT2D eigenvalue weighted by atomic mass is 10.1. The van der Waals surface area contributed by atoms with Crippen molar-refractivity contribution >= 4 is 22.6 Å². The summed E-state index contributed by atoms with van der Waals surface area (Å²) >= 11 is 5.78. The van der Waals surface area contributed by atoms with Crippen molar-refractivity contribution in [3.63, 3.8) is 0 Å². The Bertz CT molecular complexity index is 854. The Morgan fingerprint density at radius 3 is 2.76 bits per heavy atom. The molecule has 0 saturated heterocycles. The summed E-state index contributed by atoms with van der Waals surface area (Å²) in [6.07, 6.45) is 3.79. The van der Waals surface area contributed by atoms with Gasteiger partial charge in [0, 0.05) is 17.8 Å². The lowest BCUT2D eigenvalue weighted by Crippen LogP contribution is -1.96. The van der Waals surface area contributed by atoms with Gasteiger partial charge in [-0.15, -0.1) is 0 Å². The number of hydrogen-bond donors (Lipinski definition) is 0. The van der Waals surface area contributed by atoms with E-state index >= 15 is 0 Å². The van der Waals surface area contributed by atoms with E-state index in [9.17, 15) is 4.39 Å². The maximum absolute atomic E-state index is 14.8. The van der Waals surface area contributed by atoms with Crippen LogP contribution in [0.15, 0.2) is 24.4 Å². The highest BCUT2D eigenvalue weighted by Gasteiger charge is 2.28. The number of hydrogen-bond acceptors (Lipinski definition) is 3. The van der Waals surface area contributed by atoms with E-state index in [0.717, 1.165) is 24.2 Å². The van der Waals surface area contributed by atoms with Gasteiger partial charge in [0.05, 0.1) is 11.2 Å². The molecule has 0 N–H and O–H groups in total. The Balaban J connectivity index is 1.95. The molecule has 106 valence electrons. The van der Waals surface area contributed by atoms with Crippen molar-refractivity contribution in [2.45, 2.75) is 25.8 Å². The third kappa shape index (κ3) is 2.00. The second-order valence-electron chi connectivity index (χ2n) is 5.27. The fraction of sp³-hybridized carbons (Fsp3) is 0.267.